The van der Waals surface area contributed by atoms with Crippen LogP contribution in [0.25, 0.3) is 11.8 Å². The molecule has 23 heavy (non-hydrogen) atoms. The average Bonchev–Trinajstić information content (AvgIpc) is 2.94. The first kappa shape index (κ1) is 16.3. The number of nitrogens with zero attached hydrogens (tertiary/aromatic N) is 1. The minimum Gasteiger partial charge on any atom is -0.318 e. The lowest BCUT2D eigenvalue weighted by atomic mass is 10.2. The van der Waals surface area contributed by atoms with Gasteiger partial charge in [0.25, 0.3) is 5.91 Å². The third-order valence-electron chi connectivity index (χ3n) is 3.88. The second-order valence-corrected chi connectivity index (χ2v) is 7.52. The zero-order chi connectivity index (χ0) is 16.7. The fraction of sp³-hybridized carbons (Fsp3) is 0.176. The molecule has 1 saturated heterocycles. The van der Waals surface area contributed by atoms with Gasteiger partial charge in [0.1, 0.15) is 4.32 Å². The van der Waals surface area contributed by atoms with E-state index in [-0.39, 0.29) is 5.91 Å². The summed E-state index contributed by atoms with van der Waals surface area (Å²) in [5.74, 6) is -0.135. The lowest BCUT2D eigenvalue weighted by Gasteiger charge is -2.13. The van der Waals surface area contributed by atoms with Crippen LogP contribution in [0.2, 0.25) is 5.02 Å². The van der Waals surface area contributed by atoms with Crippen LogP contribution in [0.1, 0.15) is 22.5 Å². The van der Waals surface area contributed by atoms with Gasteiger partial charge in [0.05, 0.1) is 4.91 Å². The Hall–Kier alpha value is -1.56. The molecule has 118 valence electrons. The lowest BCUT2D eigenvalue weighted by molar-refractivity contribution is -0.115. The van der Waals surface area contributed by atoms with Crippen LogP contribution in [0.5, 0.6) is 0 Å². The quantitative estimate of drug-likeness (QED) is 0.628. The van der Waals surface area contributed by atoms with Gasteiger partial charge in [0, 0.05) is 22.1 Å². The van der Waals surface area contributed by atoms with Crippen LogP contribution in [-0.4, -0.2) is 14.8 Å². The number of thiocarbonyl (C=S) groups is 1. The molecule has 0 radical (unpaired) electrons. The number of hydrogen-bond acceptors (Lipinski definition) is 3. The van der Waals surface area contributed by atoms with E-state index < -0.39 is 0 Å². The summed E-state index contributed by atoms with van der Waals surface area (Å²) >= 11 is 12.6. The minimum atomic E-state index is -0.135. The van der Waals surface area contributed by atoms with Crippen molar-refractivity contribution in [2.24, 2.45) is 0 Å². The Bertz CT molecular complexity index is 868. The first-order valence-corrected chi connectivity index (χ1v) is 8.68. The number of halogens is 1. The molecule has 1 aromatic carbocycles. The number of nitrogens with one attached hydrogen (secondary N) is 1. The van der Waals surface area contributed by atoms with Gasteiger partial charge in [-0.15, -0.1) is 0 Å². The van der Waals surface area contributed by atoms with Gasteiger partial charge in [0.15, 0.2) is 0 Å². The SMILES string of the molecule is Cc1c(Cl)cccc1-n1c(C)cc(C=C2SC(=S)NC2=O)c1C. The Morgan fingerprint density at radius 2 is 2.04 bits per heavy atom. The maximum Gasteiger partial charge on any atom is 0.263 e. The van der Waals surface area contributed by atoms with Crippen molar-refractivity contribution in [3.8, 4) is 5.69 Å². The van der Waals surface area contributed by atoms with E-state index in [0.29, 0.717) is 9.23 Å². The summed E-state index contributed by atoms with van der Waals surface area (Å²) in [6, 6.07) is 7.94. The molecule has 0 aliphatic carbocycles. The zero-order valence-electron chi connectivity index (χ0n) is 12.9. The Morgan fingerprint density at radius 3 is 2.70 bits per heavy atom. The molecule has 0 spiro atoms. The van der Waals surface area contributed by atoms with Crippen molar-refractivity contribution in [3.63, 3.8) is 0 Å². The van der Waals surface area contributed by atoms with Gasteiger partial charge in [-0.1, -0.05) is 41.6 Å². The fourth-order valence-corrected chi connectivity index (χ4v) is 3.91. The Morgan fingerprint density at radius 1 is 1.30 bits per heavy atom. The van der Waals surface area contributed by atoms with Gasteiger partial charge in [0.2, 0.25) is 0 Å². The maximum atomic E-state index is 11.8. The highest BCUT2D eigenvalue weighted by Gasteiger charge is 2.23. The van der Waals surface area contributed by atoms with E-state index in [4.69, 9.17) is 23.8 Å². The fourth-order valence-electron chi connectivity index (χ4n) is 2.71. The van der Waals surface area contributed by atoms with Crippen LogP contribution < -0.4 is 5.32 Å². The van der Waals surface area contributed by atoms with Crippen molar-refractivity contribution in [1.82, 2.24) is 9.88 Å². The molecule has 1 aliphatic rings. The molecule has 1 aliphatic heterocycles. The standard InChI is InChI=1S/C17H15ClN2OS2/c1-9-7-12(8-15-16(21)19-17(22)23-15)11(3)20(9)14-6-4-5-13(18)10(14)2/h4-8H,1-3H3,(H,19,21,22). The molecule has 3 rings (SSSR count). The van der Waals surface area contributed by atoms with Crippen LogP contribution in [-0.2, 0) is 4.79 Å². The van der Waals surface area contributed by atoms with E-state index in [1.807, 2.05) is 45.0 Å². The van der Waals surface area contributed by atoms with Crippen LogP contribution in [0.3, 0.4) is 0 Å². The Balaban J connectivity index is 2.11. The van der Waals surface area contributed by atoms with Gasteiger partial charge < -0.3 is 9.88 Å². The highest BCUT2D eigenvalue weighted by molar-refractivity contribution is 8.26. The number of aryl methyl sites for hydroxylation is 1. The Labute approximate surface area is 149 Å². The molecule has 2 heterocycles. The molecule has 1 amide bonds. The van der Waals surface area contributed by atoms with Crippen molar-refractivity contribution in [2.45, 2.75) is 20.8 Å². The summed E-state index contributed by atoms with van der Waals surface area (Å²) in [7, 11) is 0. The number of hydrogen-bond donors (Lipinski definition) is 1. The monoisotopic (exact) mass is 362 g/mol. The van der Waals surface area contributed by atoms with Gasteiger partial charge >= 0.3 is 0 Å². The van der Waals surface area contributed by atoms with E-state index in [2.05, 4.69) is 16.0 Å². The molecule has 0 saturated carbocycles. The maximum absolute atomic E-state index is 11.8. The van der Waals surface area contributed by atoms with E-state index in [1.165, 1.54) is 11.8 Å². The largest absolute Gasteiger partial charge is 0.318 e. The predicted octanol–water partition coefficient (Wildman–Crippen LogP) is 4.54. The zero-order valence-corrected chi connectivity index (χ0v) is 15.3. The van der Waals surface area contributed by atoms with Crippen LogP contribution >= 0.6 is 35.6 Å². The number of benzene rings is 1. The van der Waals surface area contributed by atoms with Crippen molar-refractivity contribution in [3.05, 3.63) is 56.7 Å². The molecule has 0 bridgehead atoms. The van der Waals surface area contributed by atoms with Crippen LogP contribution in [0.4, 0.5) is 0 Å². The summed E-state index contributed by atoms with van der Waals surface area (Å²) in [4.78, 5) is 12.5. The summed E-state index contributed by atoms with van der Waals surface area (Å²) in [5, 5.41) is 3.38. The summed E-state index contributed by atoms with van der Waals surface area (Å²) in [6.07, 6.45) is 1.89. The number of carbonyl (C=O) groups is 1. The second-order valence-electron chi connectivity index (χ2n) is 5.40. The Kier molecular flexibility index (Phi) is 4.36. The number of amides is 1. The molecule has 3 nitrogen and oxygen atoms in total. The molecule has 1 N–H and O–H groups in total. The highest BCUT2D eigenvalue weighted by Crippen LogP contribution is 2.31. The number of aromatic nitrogens is 1. The molecule has 0 unspecified atom stereocenters. The first-order valence-electron chi connectivity index (χ1n) is 7.08. The van der Waals surface area contributed by atoms with Gasteiger partial charge in [-0.3, -0.25) is 4.79 Å². The third-order valence-corrected chi connectivity index (χ3v) is 5.45. The molecular weight excluding hydrogens is 348 g/mol. The first-order chi connectivity index (χ1) is 10.9. The van der Waals surface area contributed by atoms with Gasteiger partial charge in [-0.25, -0.2) is 0 Å². The molecule has 2 aromatic rings. The number of carbonyl (C=O) groups excluding carboxylic acids is 1. The third kappa shape index (κ3) is 2.96. The highest BCUT2D eigenvalue weighted by atomic mass is 35.5. The average molecular weight is 363 g/mol. The van der Waals surface area contributed by atoms with Gasteiger partial charge in [-0.2, -0.15) is 0 Å². The number of rotatable bonds is 2. The van der Waals surface area contributed by atoms with E-state index >= 15 is 0 Å². The van der Waals surface area contributed by atoms with E-state index in [9.17, 15) is 4.79 Å². The molecule has 0 atom stereocenters. The van der Waals surface area contributed by atoms with Crippen molar-refractivity contribution in [2.75, 3.05) is 0 Å². The summed E-state index contributed by atoms with van der Waals surface area (Å²) < 4.78 is 2.66. The molecule has 1 aromatic heterocycles. The second kappa shape index (κ2) is 6.15. The minimum absolute atomic E-state index is 0.135. The van der Waals surface area contributed by atoms with Crippen molar-refractivity contribution < 1.29 is 4.79 Å². The van der Waals surface area contributed by atoms with E-state index in [0.717, 1.165) is 33.2 Å². The summed E-state index contributed by atoms with van der Waals surface area (Å²) in [5.41, 5.74) is 5.24. The van der Waals surface area contributed by atoms with Gasteiger partial charge in [-0.05, 0) is 56.2 Å². The van der Waals surface area contributed by atoms with Crippen LogP contribution in [0, 0.1) is 20.8 Å². The molecule has 6 heteroatoms. The smallest absolute Gasteiger partial charge is 0.263 e. The summed E-state index contributed by atoms with van der Waals surface area (Å²) in [6.45, 7) is 6.09. The molecular formula is C17H15ClN2OS2. The van der Waals surface area contributed by atoms with Crippen LogP contribution in [0.15, 0.2) is 29.2 Å². The predicted molar refractivity (Wildman–Crippen MR) is 101 cm³/mol. The van der Waals surface area contributed by atoms with Crippen molar-refractivity contribution >= 4 is 51.9 Å². The van der Waals surface area contributed by atoms with E-state index in [1.54, 1.807) is 0 Å². The topological polar surface area (TPSA) is 34.0 Å². The normalized spacial score (nSPS) is 16.3. The van der Waals surface area contributed by atoms with Crippen molar-refractivity contribution in [1.29, 1.82) is 0 Å². The lowest BCUT2D eigenvalue weighted by Crippen LogP contribution is -2.17. The molecule has 1 fully saturated rings. The number of thioether (sulfide) groups is 1.